The lowest BCUT2D eigenvalue weighted by Gasteiger charge is -1.91. The number of fused-ring (bicyclic) bond motifs is 1. The second-order valence-electron chi connectivity index (χ2n) is 3.20. The van der Waals surface area contributed by atoms with Crippen LogP contribution in [0, 0.1) is 0 Å². The Hall–Kier alpha value is -1.90. The topological polar surface area (TPSA) is 37.3 Å². The van der Waals surface area contributed by atoms with E-state index in [1.807, 2.05) is 36.7 Å². The number of aromatic nitrogens is 1. The molecular weight excluding hydrogens is 186 g/mol. The zero-order valence-corrected chi connectivity index (χ0v) is 8.43. The quantitative estimate of drug-likeness (QED) is 0.706. The summed E-state index contributed by atoms with van der Waals surface area (Å²) in [7, 11) is 0. The number of rotatable bonds is 0. The van der Waals surface area contributed by atoms with Gasteiger partial charge in [-0.3, -0.25) is 4.98 Å². The maximum atomic E-state index is 4.18. The molecule has 0 fully saturated rings. The molecule has 0 saturated heterocycles. The first-order valence-electron chi connectivity index (χ1n) is 5.01. The minimum atomic E-state index is 1.03. The van der Waals surface area contributed by atoms with Crippen LogP contribution in [0.25, 0.3) is 10.9 Å². The van der Waals surface area contributed by atoms with Gasteiger partial charge in [-0.25, -0.2) is 0 Å². The standard InChI is InChI=1S/C9H7N.C3H6N2/c1-2-6-9-8(4-1)5-3-7-10-9;1-2-4-5-3-1/h1-7H;2,5H,1,3H2. The summed E-state index contributed by atoms with van der Waals surface area (Å²) >= 11 is 0. The molecule has 0 aliphatic carbocycles. The van der Waals surface area contributed by atoms with Gasteiger partial charge in [0.1, 0.15) is 0 Å². The molecule has 1 aliphatic heterocycles. The molecule has 3 nitrogen and oxygen atoms in total. The second-order valence-corrected chi connectivity index (χ2v) is 3.20. The van der Waals surface area contributed by atoms with E-state index < -0.39 is 0 Å². The van der Waals surface area contributed by atoms with Crippen LogP contribution in [0.5, 0.6) is 0 Å². The van der Waals surface area contributed by atoms with E-state index in [9.17, 15) is 0 Å². The van der Waals surface area contributed by atoms with Crippen molar-refractivity contribution in [1.82, 2.24) is 10.4 Å². The van der Waals surface area contributed by atoms with Crippen LogP contribution in [0.3, 0.4) is 0 Å². The highest BCUT2D eigenvalue weighted by Crippen LogP contribution is 2.07. The van der Waals surface area contributed by atoms with E-state index in [0.717, 1.165) is 18.5 Å². The summed E-state index contributed by atoms with van der Waals surface area (Å²) in [5, 5.41) is 4.91. The average Bonchev–Trinajstić information content (AvgIpc) is 2.88. The molecule has 1 N–H and O–H groups in total. The predicted molar refractivity (Wildman–Crippen MR) is 62.9 cm³/mol. The van der Waals surface area contributed by atoms with Gasteiger partial charge in [-0.05, 0) is 12.1 Å². The lowest BCUT2D eigenvalue weighted by atomic mass is 10.2. The van der Waals surface area contributed by atoms with Crippen molar-refractivity contribution in [2.24, 2.45) is 5.10 Å². The van der Waals surface area contributed by atoms with Crippen molar-refractivity contribution < 1.29 is 0 Å². The molecule has 0 unspecified atom stereocenters. The first-order chi connectivity index (χ1) is 7.47. The van der Waals surface area contributed by atoms with Crippen molar-refractivity contribution in [2.75, 3.05) is 6.54 Å². The molecule has 0 atom stereocenters. The fourth-order valence-corrected chi connectivity index (χ4v) is 1.34. The van der Waals surface area contributed by atoms with E-state index in [1.165, 1.54) is 5.39 Å². The summed E-state index contributed by atoms with van der Waals surface area (Å²) in [6.45, 7) is 1.03. The van der Waals surface area contributed by atoms with Crippen LogP contribution in [-0.4, -0.2) is 17.7 Å². The molecule has 1 aromatic heterocycles. The molecule has 3 heteroatoms. The highest BCUT2D eigenvalue weighted by atomic mass is 15.3. The Balaban J connectivity index is 0.000000144. The van der Waals surface area contributed by atoms with E-state index in [2.05, 4.69) is 27.6 Å². The van der Waals surface area contributed by atoms with Crippen LogP contribution in [0.4, 0.5) is 0 Å². The highest BCUT2D eigenvalue weighted by Gasteiger charge is 1.86. The van der Waals surface area contributed by atoms with Crippen LogP contribution in [-0.2, 0) is 0 Å². The predicted octanol–water partition coefficient (Wildman–Crippen LogP) is 2.20. The molecule has 15 heavy (non-hydrogen) atoms. The number of para-hydroxylation sites is 1. The Labute approximate surface area is 88.8 Å². The first kappa shape index (κ1) is 9.65. The normalized spacial score (nSPS) is 13.1. The number of hydrogen-bond acceptors (Lipinski definition) is 3. The molecule has 0 spiro atoms. The van der Waals surface area contributed by atoms with Gasteiger partial charge in [0.15, 0.2) is 0 Å². The number of benzene rings is 1. The maximum Gasteiger partial charge on any atom is 0.0701 e. The minimum absolute atomic E-state index is 1.03. The molecule has 0 amide bonds. The molecule has 3 rings (SSSR count). The highest BCUT2D eigenvalue weighted by molar-refractivity contribution is 5.77. The molecule has 1 aromatic carbocycles. The van der Waals surface area contributed by atoms with Crippen molar-refractivity contribution >= 4 is 17.1 Å². The third-order valence-corrected chi connectivity index (χ3v) is 2.08. The van der Waals surface area contributed by atoms with Gasteiger partial charge in [0.2, 0.25) is 0 Å². The Bertz CT molecular complexity index is 380. The van der Waals surface area contributed by atoms with E-state index in [-0.39, 0.29) is 0 Å². The smallest absolute Gasteiger partial charge is 0.0701 e. The fourth-order valence-electron chi connectivity index (χ4n) is 1.34. The monoisotopic (exact) mass is 199 g/mol. The van der Waals surface area contributed by atoms with Crippen molar-refractivity contribution in [3.8, 4) is 0 Å². The summed E-state index contributed by atoms with van der Waals surface area (Å²) in [4.78, 5) is 4.18. The van der Waals surface area contributed by atoms with Crippen molar-refractivity contribution in [2.45, 2.75) is 6.42 Å². The number of nitrogens with zero attached hydrogens (tertiary/aromatic N) is 2. The van der Waals surface area contributed by atoms with Gasteiger partial charge in [0, 0.05) is 30.8 Å². The second kappa shape index (κ2) is 5.10. The summed E-state index contributed by atoms with van der Waals surface area (Å²) in [5.41, 5.74) is 3.85. The summed E-state index contributed by atoms with van der Waals surface area (Å²) < 4.78 is 0. The van der Waals surface area contributed by atoms with Gasteiger partial charge in [-0.1, -0.05) is 24.3 Å². The first-order valence-corrected chi connectivity index (χ1v) is 5.01. The maximum absolute atomic E-state index is 4.18. The largest absolute Gasteiger partial charge is 0.310 e. The number of hydrazone groups is 1. The van der Waals surface area contributed by atoms with Gasteiger partial charge in [0.25, 0.3) is 0 Å². The van der Waals surface area contributed by atoms with Gasteiger partial charge >= 0.3 is 0 Å². The average molecular weight is 199 g/mol. The van der Waals surface area contributed by atoms with Gasteiger partial charge in [-0.15, -0.1) is 0 Å². The third-order valence-electron chi connectivity index (χ3n) is 2.08. The van der Waals surface area contributed by atoms with Gasteiger partial charge in [-0.2, -0.15) is 5.10 Å². The van der Waals surface area contributed by atoms with Crippen LogP contribution < -0.4 is 5.43 Å². The molecule has 76 valence electrons. The fraction of sp³-hybridized carbons (Fsp3) is 0.167. The SMILES string of the molecule is C1=NNCC1.c1ccc2ncccc2c1. The molecular formula is C12H13N3. The Kier molecular flexibility index (Phi) is 3.28. The molecule has 0 bridgehead atoms. The Morgan fingerprint density at radius 3 is 2.60 bits per heavy atom. The molecule has 2 aromatic rings. The minimum Gasteiger partial charge on any atom is -0.310 e. The summed E-state index contributed by atoms with van der Waals surface area (Å²) in [6, 6.07) is 12.1. The number of pyridine rings is 1. The number of nitrogens with one attached hydrogen (secondary N) is 1. The van der Waals surface area contributed by atoms with E-state index in [1.54, 1.807) is 0 Å². The summed E-state index contributed by atoms with van der Waals surface area (Å²) in [5.74, 6) is 0. The number of hydrogen-bond donors (Lipinski definition) is 1. The molecule has 1 aliphatic rings. The van der Waals surface area contributed by atoms with Crippen LogP contribution in [0.15, 0.2) is 47.7 Å². The van der Waals surface area contributed by atoms with Gasteiger partial charge < -0.3 is 5.43 Å². The van der Waals surface area contributed by atoms with Crippen molar-refractivity contribution in [1.29, 1.82) is 0 Å². The lowest BCUT2D eigenvalue weighted by molar-refractivity contribution is 0.813. The lowest BCUT2D eigenvalue weighted by Crippen LogP contribution is -1.96. The van der Waals surface area contributed by atoms with Gasteiger partial charge in [0.05, 0.1) is 5.52 Å². The van der Waals surface area contributed by atoms with E-state index >= 15 is 0 Å². The van der Waals surface area contributed by atoms with E-state index in [0.29, 0.717) is 0 Å². The van der Waals surface area contributed by atoms with Crippen molar-refractivity contribution in [3.63, 3.8) is 0 Å². The van der Waals surface area contributed by atoms with Crippen LogP contribution in [0.1, 0.15) is 6.42 Å². The third kappa shape index (κ3) is 2.77. The Morgan fingerprint density at radius 1 is 1.07 bits per heavy atom. The van der Waals surface area contributed by atoms with Crippen LogP contribution >= 0.6 is 0 Å². The Morgan fingerprint density at radius 2 is 1.93 bits per heavy atom. The zero-order valence-electron chi connectivity index (χ0n) is 8.43. The van der Waals surface area contributed by atoms with Crippen LogP contribution in [0.2, 0.25) is 0 Å². The van der Waals surface area contributed by atoms with Crippen molar-refractivity contribution in [3.05, 3.63) is 42.6 Å². The zero-order chi connectivity index (χ0) is 10.3. The molecule has 0 saturated carbocycles. The molecule has 2 heterocycles. The molecule has 0 radical (unpaired) electrons. The summed E-state index contributed by atoms with van der Waals surface area (Å²) in [6.07, 6.45) is 4.78. The van der Waals surface area contributed by atoms with E-state index in [4.69, 9.17) is 0 Å².